The predicted octanol–water partition coefficient (Wildman–Crippen LogP) is 2.09. The molecule has 1 aliphatic rings. The van der Waals surface area contributed by atoms with E-state index in [0.717, 1.165) is 14.4 Å². The van der Waals surface area contributed by atoms with Crippen LogP contribution in [-0.2, 0) is 23.5 Å². The van der Waals surface area contributed by atoms with Crippen LogP contribution in [0.4, 0.5) is 5.95 Å². The van der Waals surface area contributed by atoms with Gasteiger partial charge in [-0.05, 0) is 43.4 Å². The zero-order chi connectivity index (χ0) is 22.8. The van der Waals surface area contributed by atoms with Gasteiger partial charge in [-0.2, -0.15) is 0 Å². The Kier molecular flexibility index (Phi) is 7.13. The molecule has 0 radical (unpaired) electrons. The molecule has 2 N–H and O–H groups in total. The summed E-state index contributed by atoms with van der Waals surface area (Å²) in [6.07, 6.45) is 2.29. The van der Waals surface area contributed by atoms with E-state index in [2.05, 4.69) is 10.3 Å². The Morgan fingerprint density at radius 1 is 1.26 bits per heavy atom. The van der Waals surface area contributed by atoms with Gasteiger partial charge in [-0.3, -0.25) is 14.2 Å². The molecule has 1 saturated heterocycles. The van der Waals surface area contributed by atoms with Gasteiger partial charge in [-0.15, -0.1) is 0 Å². The second-order valence-electron chi connectivity index (χ2n) is 7.18. The fraction of sp³-hybridized carbons (Fsp3) is 0.421. The van der Waals surface area contributed by atoms with Crippen LogP contribution in [0, 0.1) is 0 Å². The molecule has 1 amide bonds. The van der Waals surface area contributed by atoms with Gasteiger partial charge in [0, 0.05) is 20.1 Å². The van der Waals surface area contributed by atoms with Crippen molar-refractivity contribution in [1.82, 2.24) is 14.9 Å². The molecule has 1 fully saturated rings. The molecule has 0 unspecified atom stereocenters. The summed E-state index contributed by atoms with van der Waals surface area (Å²) in [6.45, 7) is 0.394. The highest BCUT2D eigenvalue weighted by Gasteiger charge is 2.31. The summed E-state index contributed by atoms with van der Waals surface area (Å²) in [5.41, 5.74) is -0.462. The fourth-order valence-electron chi connectivity index (χ4n) is 3.25. The van der Waals surface area contributed by atoms with Gasteiger partial charge in [0.2, 0.25) is 21.7 Å². The van der Waals surface area contributed by atoms with E-state index in [-0.39, 0.29) is 24.8 Å². The van der Waals surface area contributed by atoms with Crippen molar-refractivity contribution < 1.29 is 18.3 Å². The first-order valence-electron chi connectivity index (χ1n) is 9.64. The molecule has 0 spiro atoms. The average molecular weight is 489 g/mol. The zero-order valence-electron chi connectivity index (χ0n) is 16.8. The third-order valence-corrected chi connectivity index (χ3v) is 7.50. The number of sulfonamides is 1. The van der Waals surface area contributed by atoms with Gasteiger partial charge in [0.15, 0.2) is 5.69 Å². The van der Waals surface area contributed by atoms with E-state index in [1.807, 2.05) is 6.07 Å². The Labute approximate surface area is 189 Å². The second-order valence-corrected chi connectivity index (χ2v) is 10.0. The van der Waals surface area contributed by atoms with Crippen LogP contribution in [0.5, 0.6) is 5.75 Å². The van der Waals surface area contributed by atoms with Crippen molar-refractivity contribution in [3.05, 3.63) is 49.9 Å². The lowest BCUT2D eigenvalue weighted by molar-refractivity contribution is 0.0944. The summed E-state index contributed by atoms with van der Waals surface area (Å²) in [4.78, 5) is 29.0. The molecule has 2 aromatic rings. The topological polar surface area (TPSA) is 122 Å². The number of hydrogen-bond acceptors (Lipinski definition) is 6. The first kappa shape index (κ1) is 23.4. The van der Waals surface area contributed by atoms with Crippen LogP contribution in [0.25, 0.3) is 0 Å². The van der Waals surface area contributed by atoms with E-state index < -0.39 is 32.9 Å². The van der Waals surface area contributed by atoms with Crippen molar-refractivity contribution in [2.45, 2.75) is 25.7 Å². The number of aromatic hydroxyl groups is 1. The molecular formula is C19H22Cl2N4O5S. The van der Waals surface area contributed by atoms with Gasteiger partial charge in [-0.1, -0.05) is 29.3 Å². The van der Waals surface area contributed by atoms with Crippen molar-refractivity contribution in [3.8, 4) is 5.75 Å². The number of hydrogen-bond donors (Lipinski definition) is 2. The molecule has 1 aliphatic heterocycles. The highest BCUT2D eigenvalue weighted by Crippen LogP contribution is 2.24. The largest absolute Gasteiger partial charge is 0.501 e. The first-order valence-corrected chi connectivity index (χ1v) is 12.0. The Bertz CT molecular complexity index is 1170. The summed E-state index contributed by atoms with van der Waals surface area (Å²) in [6, 6.07) is 5.26. The second kappa shape index (κ2) is 9.46. The summed E-state index contributed by atoms with van der Waals surface area (Å²) in [5, 5.41) is 13.6. The molecule has 2 heterocycles. The van der Waals surface area contributed by atoms with Crippen molar-refractivity contribution >= 4 is 45.1 Å². The lowest BCUT2D eigenvalue weighted by Crippen LogP contribution is -2.42. The number of aryl methyl sites for hydroxylation is 1. The van der Waals surface area contributed by atoms with Crippen LogP contribution in [0.1, 0.15) is 35.3 Å². The van der Waals surface area contributed by atoms with E-state index in [1.165, 1.54) is 7.05 Å². The molecule has 0 saturated carbocycles. The number of carbonyl (C=O) groups is 1. The molecule has 31 heavy (non-hydrogen) atoms. The Morgan fingerprint density at radius 2 is 2.00 bits per heavy atom. The number of halogens is 2. The normalized spacial score (nSPS) is 15.6. The Hall–Kier alpha value is -2.30. The maximum atomic E-state index is 12.5. The maximum Gasteiger partial charge on any atom is 0.297 e. The van der Waals surface area contributed by atoms with Gasteiger partial charge < -0.3 is 10.4 Å². The van der Waals surface area contributed by atoms with Crippen LogP contribution >= 0.6 is 23.2 Å². The van der Waals surface area contributed by atoms with E-state index in [4.69, 9.17) is 23.2 Å². The Morgan fingerprint density at radius 3 is 2.68 bits per heavy atom. The van der Waals surface area contributed by atoms with Crippen LogP contribution < -0.4 is 15.2 Å². The molecule has 0 atom stereocenters. The van der Waals surface area contributed by atoms with Crippen LogP contribution in [0.2, 0.25) is 10.0 Å². The zero-order valence-corrected chi connectivity index (χ0v) is 19.1. The molecule has 9 nitrogen and oxygen atoms in total. The number of aromatic nitrogens is 2. The number of carbonyl (C=O) groups excluding carboxylic acids is 1. The third-order valence-electron chi connectivity index (χ3n) is 4.94. The van der Waals surface area contributed by atoms with Gasteiger partial charge in [0.05, 0.1) is 15.8 Å². The fourth-order valence-corrected chi connectivity index (χ4v) is 5.18. The first-order chi connectivity index (χ1) is 14.6. The Balaban J connectivity index is 1.74. The molecule has 1 aromatic heterocycles. The summed E-state index contributed by atoms with van der Waals surface area (Å²) < 4.78 is 26.7. The summed E-state index contributed by atoms with van der Waals surface area (Å²) >= 11 is 11.9. The minimum atomic E-state index is -3.65. The highest BCUT2D eigenvalue weighted by atomic mass is 35.5. The predicted molar refractivity (Wildman–Crippen MR) is 119 cm³/mol. The number of nitrogens with one attached hydrogen (secondary N) is 1. The van der Waals surface area contributed by atoms with E-state index >= 15 is 0 Å². The van der Waals surface area contributed by atoms with Crippen molar-refractivity contribution in [1.29, 1.82) is 0 Å². The number of amides is 1. The third kappa shape index (κ3) is 5.13. The van der Waals surface area contributed by atoms with Crippen LogP contribution in [-0.4, -0.2) is 47.8 Å². The lowest BCUT2D eigenvalue weighted by Gasteiger charge is -2.28. The average Bonchev–Trinajstić information content (AvgIpc) is 2.72. The van der Waals surface area contributed by atoms with Crippen molar-refractivity contribution in [3.63, 3.8) is 0 Å². The number of rotatable bonds is 6. The molecule has 1 aromatic carbocycles. The summed E-state index contributed by atoms with van der Waals surface area (Å²) in [5.74, 6) is -1.86. The van der Waals surface area contributed by atoms with Crippen LogP contribution in [0.3, 0.4) is 0 Å². The van der Waals surface area contributed by atoms with Crippen molar-refractivity contribution in [2.75, 3.05) is 23.1 Å². The van der Waals surface area contributed by atoms with E-state index in [0.29, 0.717) is 35.7 Å². The number of anilines is 1. The molecular weight excluding hydrogens is 467 g/mol. The number of nitrogens with zero attached hydrogens (tertiary/aromatic N) is 3. The number of benzene rings is 1. The van der Waals surface area contributed by atoms with E-state index in [9.17, 15) is 23.1 Å². The monoisotopic (exact) mass is 488 g/mol. The van der Waals surface area contributed by atoms with Gasteiger partial charge in [0.1, 0.15) is 0 Å². The van der Waals surface area contributed by atoms with E-state index in [1.54, 1.807) is 12.1 Å². The maximum absolute atomic E-state index is 12.5. The standard InChI is InChI=1S/C19H22Cl2N4O5S/c1-24-18(28)16(26)15(23-19(24)25-9-2-3-10-31(25,29)30)17(27)22-8-4-5-12-6-7-13(20)14(21)11-12/h6-7,11,26H,2-5,8-10H2,1H3,(H,22,27). The summed E-state index contributed by atoms with van der Waals surface area (Å²) in [7, 11) is -2.35. The molecule has 12 heteroatoms. The molecule has 3 rings (SSSR count). The van der Waals surface area contributed by atoms with Crippen LogP contribution in [0.15, 0.2) is 23.0 Å². The van der Waals surface area contributed by atoms with Gasteiger partial charge in [-0.25, -0.2) is 17.7 Å². The molecule has 168 valence electrons. The van der Waals surface area contributed by atoms with Crippen molar-refractivity contribution in [2.24, 2.45) is 7.05 Å². The quantitative estimate of drug-likeness (QED) is 0.600. The lowest BCUT2D eigenvalue weighted by atomic mass is 10.1. The minimum absolute atomic E-state index is 0.0695. The molecule has 0 aliphatic carbocycles. The smallest absolute Gasteiger partial charge is 0.297 e. The SMILES string of the molecule is Cn1c(N2CCCCS2(=O)=O)nc(C(=O)NCCCc2ccc(Cl)c(Cl)c2)c(O)c1=O. The highest BCUT2D eigenvalue weighted by molar-refractivity contribution is 7.92. The molecule has 0 bridgehead atoms. The van der Waals surface area contributed by atoms with Gasteiger partial charge >= 0.3 is 0 Å². The minimum Gasteiger partial charge on any atom is -0.501 e. The van der Waals surface area contributed by atoms with Gasteiger partial charge in [0.25, 0.3) is 11.5 Å².